The third-order valence-corrected chi connectivity index (χ3v) is 3.32. The maximum absolute atomic E-state index is 11.4. The van der Waals surface area contributed by atoms with Crippen molar-refractivity contribution in [3.8, 4) is 0 Å². The number of benzene rings is 1. The van der Waals surface area contributed by atoms with Crippen LogP contribution in [0.25, 0.3) is 0 Å². The molecular weight excluding hydrogens is 247 g/mol. The SMILES string of the molecule is NCCN1C(=O)CC1c1ccc(Cl)cc1Cl. The molecule has 2 N–H and O–H groups in total. The smallest absolute Gasteiger partial charge is 0.225 e. The fraction of sp³-hybridized carbons (Fsp3) is 0.364. The topological polar surface area (TPSA) is 46.3 Å². The van der Waals surface area contributed by atoms with Crippen molar-refractivity contribution >= 4 is 29.1 Å². The molecule has 0 radical (unpaired) electrons. The fourth-order valence-electron chi connectivity index (χ4n) is 1.92. The van der Waals surface area contributed by atoms with Gasteiger partial charge in [0.2, 0.25) is 5.91 Å². The Labute approximate surface area is 104 Å². The second kappa shape index (κ2) is 4.62. The van der Waals surface area contributed by atoms with E-state index in [-0.39, 0.29) is 11.9 Å². The highest BCUT2D eigenvalue weighted by molar-refractivity contribution is 6.35. The van der Waals surface area contributed by atoms with Crippen LogP contribution in [0.2, 0.25) is 10.0 Å². The lowest BCUT2D eigenvalue weighted by Gasteiger charge is -2.41. The fourth-order valence-corrected chi connectivity index (χ4v) is 2.46. The number of hydrogen-bond donors (Lipinski definition) is 1. The highest BCUT2D eigenvalue weighted by atomic mass is 35.5. The summed E-state index contributed by atoms with van der Waals surface area (Å²) in [4.78, 5) is 13.1. The second-order valence-corrected chi connectivity index (χ2v) is 4.61. The molecule has 5 heteroatoms. The van der Waals surface area contributed by atoms with Gasteiger partial charge < -0.3 is 10.6 Å². The minimum absolute atomic E-state index is 0.0563. The molecule has 16 heavy (non-hydrogen) atoms. The maximum Gasteiger partial charge on any atom is 0.225 e. The van der Waals surface area contributed by atoms with E-state index in [0.29, 0.717) is 29.6 Å². The van der Waals surface area contributed by atoms with Gasteiger partial charge in [-0.05, 0) is 17.7 Å². The van der Waals surface area contributed by atoms with Crippen molar-refractivity contribution in [2.24, 2.45) is 5.73 Å². The summed E-state index contributed by atoms with van der Waals surface area (Å²) in [5.41, 5.74) is 6.40. The van der Waals surface area contributed by atoms with Crippen LogP contribution in [0.3, 0.4) is 0 Å². The Bertz CT molecular complexity index is 422. The molecule has 1 aromatic rings. The number of nitrogens with zero attached hydrogens (tertiary/aromatic N) is 1. The largest absolute Gasteiger partial charge is 0.334 e. The van der Waals surface area contributed by atoms with Crippen LogP contribution in [0, 0.1) is 0 Å². The van der Waals surface area contributed by atoms with E-state index in [9.17, 15) is 4.79 Å². The van der Waals surface area contributed by atoms with Crippen LogP contribution >= 0.6 is 23.2 Å². The van der Waals surface area contributed by atoms with Crippen molar-refractivity contribution in [2.75, 3.05) is 13.1 Å². The molecule has 0 saturated carbocycles. The highest BCUT2D eigenvalue weighted by Gasteiger charge is 2.37. The van der Waals surface area contributed by atoms with E-state index in [1.165, 1.54) is 0 Å². The van der Waals surface area contributed by atoms with Gasteiger partial charge in [-0.15, -0.1) is 0 Å². The molecule has 1 fully saturated rings. The summed E-state index contributed by atoms with van der Waals surface area (Å²) < 4.78 is 0. The molecule has 0 aromatic heterocycles. The molecule has 0 aliphatic carbocycles. The molecule has 1 unspecified atom stereocenters. The molecule has 1 amide bonds. The lowest BCUT2D eigenvalue weighted by atomic mass is 9.94. The van der Waals surface area contributed by atoms with Crippen LogP contribution in [0.15, 0.2) is 18.2 Å². The summed E-state index contributed by atoms with van der Waals surface area (Å²) in [5.74, 6) is 0.126. The number of rotatable bonds is 3. The maximum atomic E-state index is 11.4. The zero-order valence-electron chi connectivity index (χ0n) is 8.62. The molecule has 2 rings (SSSR count). The molecule has 0 spiro atoms. The lowest BCUT2D eigenvalue weighted by molar-refractivity contribution is -0.146. The molecule has 1 saturated heterocycles. The van der Waals surface area contributed by atoms with Gasteiger partial charge in [0.15, 0.2) is 0 Å². The van der Waals surface area contributed by atoms with Gasteiger partial charge in [0, 0.05) is 23.1 Å². The van der Waals surface area contributed by atoms with E-state index in [4.69, 9.17) is 28.9 Å². The van der Waals surface area contributed by atoms with Gasteiger partial charge in [-0.2, -0.15) is 0 Å². The van der Waals surface area contributed by atoms with Gasteiger partial charge in [0.05, 0.1) is 12.5 Å². The average molecular weight is 259 g/mol. The number of β-lactam (4-membered cyclic amide) rings is 1. The minimum Gasteiger partial charge on any atom is -0.334 e. The summed E-state index contributed by atoms with van der Waals surface area (Å²) in [6.07, 6.45) is 0.501. The summed E-state index contributed by atoms with van der Waals surface area (Å²) >= 11 is 11.9. The minimum atomic E-state index is 0.0563. The summed E-state index contributed by atoms with van der Waals surface area (Å²) in [7, 11) is 0. The quantitative estimate of drug-likeness (QED) is 0.846. The normalized spacial score (nSPS) is 19.8. The van der Waals surface area contributed by atoms with Crippen LogP contribution in [-0.2, 0) is 4.79 Å². The molecule has 1 aliphatic heterocycles. The number of carbonyl (C=O) groups is 1. The van der Waals surface area contributed by atoms with Gasteiger partial charge in [0.1, 0.15) is 0 Å². The first-order valence-electron chi connectivity index (χ1n) is 5.08. The highest BCUT2D eigenvalue weighted by Crippen LogP contribution is 2.38. The molecule has 86 valence electrons. The molecule has 3 nitrogen and oxygen atoms in total. The van der Waals surface area contributed by atoms with E-state index in [1.807, 2.05) is 6.07 Å². The number of likely N-dealkylation sites (tertiary alicyclic amines) is 1. The van der Waals surface area contributed by atoms with Crippen LogP contribution in [0.1, 0.15) is 18.0 Å². The van der Waals surface area contributed by atoms with E-state index < -0.39 is 0 Å². The summed E-state index contributed by atoms with van der Waals surface area (Å²) in [6.45, 7) is 1.04. The molecule has 1 aliphatic rings. The van der Waals surface area contributed by atoms with Gasteiger partial charge in [-0.1, -0.05) is 29.3 Å². The third-order valence-electron chi connectivity index (χ3n) is 2.76. The molecule has 1 heterocycles. The number of nitrogens with two attached hydrogens (primary N) is 1. The summed E-state index contributed by atoms with van der Waals surface area (Å²) in [6, 6.07) is 5.40. The Kier molecular flexibility index (Phi) is 3.38. The average Bonchev–Trinajstić information content (AvgIpc) is 2.24. The molecule has 1 aromatic carbocycles. The van der Waals surface area contributed by atoms with Crippen molar-refractivity contribution in [3.05, 3.63) is 33.8 Å². The van der Waals surface area contributed by atoms with Crippen molar-refractivity contribution in [3.63, 3.8) is 0 Å². The van der Waals surface area contributed by atoms with E-state index in [1.54, 1.807) is 17.0 Å². The van der Waals surface area contributed by atoms with Crippen molar-refractivity contribution in [1.29, 1.82) is 0 Å². The van der Waals surface area contributed by atoms with Gasteiger partial charge in [-0.3, -0.25) is 4.79 Å². The Hall–Kier alpha value is -0.770. The zero-order chi connectivity index (χ0) is 11.7. The Morgan fingerprint density at radius 2 is 2.19 bits per heavy atom. The Balaban J connectivity index is 2.21. The standard InChI is InChI=1S/C11H12Cl2N2O/c12-7-1-2-8(9(13)5-7)10-6-11(16)15(10)4-3-14/h1-2,5,10H,3-4,6,14H2. The number of amides is 1. The predicted octanol–water partition coefficient (Wildman–Crippen LogP) is 2.23. The second-order valence-electron chi connectivity index (χ2n) is 3.76. The van der Waals surface area contributed by atoms with Gasteiger partial charge in [-0.25, -0.2) is 0 Å². The van der Waals surface area contributed by atoms with Gasteiger partial charge in [0.25, 0.3) is 0 Å². The Morgan fingerprint density at radius 1 is 1.44 bits per heavy atom. The number of carbonyl (C=O) groups excluding carboxylic acids is 1. The zero-order valence-corrected chi connectivity index (χ0v) is 10.1. The Morgan fingerprint density at radius 3 is 2.75 bits per heavy atom. The van der Waals surface area contributed by atoms with Crippen molar-refractivity contribution in [2.45, 2.75) is 12.5 Å². The molecular formula is C11H12Cl2N2O. The molecule has 1 atom stereocenters. The van der Waals surface area contributed by atoms with E-state index in [0.717, 1.165) is 5.56 Å². The number of hydrogen-bond acceptors (Lipinski definition) is 2. The van der Waals surface area contributed by atoms with Crippen LogP contribution in [-0.4, -0.2) is 23.9 Å². The van der Waals surface area contributed by atoms with Crippen molar-refractivity contribution < 1.29 is 4.79 Å². The monoisotopic (exact) mass is 258 g/mol. The van der Waals surface area contributed by atoms with Gasteiger partial charge >= 0.3 is 0 Å². The van der Waals surface area contributed by atoms with Crippen LogP contribution in [0.4, 0.5) is 0 Å². The van der Waals surface area contributed by atoms with E-state index >= 15 is 0 Å². The summed E-state index contributed by atoms with van der Waals surface area (Å²) in [5, 5.41) is 1.21. The first-order chi connectivity index (χ1) is 7.63. The first kappa shape index (κ1) is 11.7. The van der Waals surface area contributed by atoms with Crippen molar-refractivity contribution in [1.82, 2.24) is 4.90 Å². The van der Waals surface area contributed by atoms with Crippen LogP contribution in [0.5, 0.6) is 0 Å². The predicted molar refractivity (Wildman–Crippen MR) is 64.6 cm³/mol. The third kappa shape index (κ3) is 2.03. The first-order valence-corrected chi connectivity index (χ1v) is 5.83. The number of halogens is 2. The van der Waals surface area contributed by atoms with E-state index in [2.05, 4.69) is 0 Å². The lowest BCUT2D eigenvalue weighted by Crippen LogP contribution is -2.48. The van der Waals surface area contributed by atoms with Crippen LogP contribution < -0.4 is 5.73 Å². The molecule has 0 bridgehead atoms.